The van der Waals surface area contributed by atoms with Gasteiger partial charge in [0.15, 0.2) is 11.5 Å². The van der Waals surface area contributed by atoms with E-state index in [9.17, 15) is 4.79 Å². The second-order valence-electron chi connectivity index (χ2n) is 7.01. The Bertz CT molecular complexity index is 651. The van der Waals surface area contributed by atoms with E-state index in [1.54, 1.807) is 0 Å². The van der Waals surface area contributed by atoms with Crippen LogP contribution in [0.5, 0.6) is 11.5 Å². The first-order valence-electron chi connectivity index (χ1n) is 8.76. The third kappa shape index (κ3) is 2.80. The van der Waals surface area contributed by atoms with Gasteiger partial charge in [-0.1, -0.05) is 12.8 Å². The Labute approximate surface area is 150 Å². The molecule has 24 heavy (non-hydrogen) atoms. The van der Waals surface area contributed by atoms with Gasteiger partial charge in [-0.2, -0.15) is 0 Å². The maximum Gasteiger partial charge on any atom is 0.228 e. The predicted molar refractivity (Wildman–Crippen MR) is 94.2 cm³/mol. The van der Waals surface area contributed by atoms with Crippen LogP contribution in [-0.4, -0.2) is 32.2 Å². The number of amides is 1. The average molecular weight is 395 g/mol. The lowest BCUT2D eigenvalue weighted by Crippen LogP contribution is -2.47. The Morgan fingerprint density at radius 3 is 3.12 bits per heavy atom. The van der Waals surface area contributed by atoms with Crippen molar-refractivity contribution in [2.45, 2.75) is 32.2 Å². The molecule has 0 aromatic heterocycles. The normalized spacial score (nSPS) is 28.3. The number of benzene rings is 1. The number of hydrogen-bond acceptors (Lipinski definition) is 4. The molecule has 2 N–H and O–H groups in total. The average Bonchev–Trinajstić information content (AvgIpc) is 3.05. The summed E-state index contributed by atoms with van der Waals surface area (Å²) in [5, 5.41) is 6.60. The van der Waals surface area contributed by atoms with Gasteiger partial charge in [-0.3, -0.25) is 4.79 Å². The molecular formula is C18H23BrN2O3. The number of nitrogens with one attached hydrogen (secondary N) is 2. The zero-order valence-electron chi connectivity index (χ0n) is 13.7. The van der Waals surface area contributed by atoms with Crippen molar-refractivity contribution in [1.29, 1.82) is 0 Å². The minimum Gasteiger partial charge on any atom is -0.486 e. The first-order valence-corrected chi connectivity index (χ1v) is 9.55. The third-order valence-electron chi connectivity index (χ3n) is 5.60. The number of carbonyl (C=O) groups is 1. The van der Waals surface area contributed by atoms with Gasteiger partial charge < -0.3 is 20.1 Å². The van der Waals surface area contributed by atoms with Crippen molar-refractivity contribution in [2.75, 3.05) is 26.3 Å². The number of hydrogen-bond donors (Lipinski definition) is 2. The summed E-state index contributed by atoms with van der Waals surface area (Å²) in [4.78, 5) is 12.9. The molecular weight excluding hydrogens is 372 g/mol. The van der Waals surface area contributed by atoms with Gasteiger partial charge in [0, 0.05) is 13.1 Å². The molecule has 1 aromatic rings. The number of halogens is 1. The highest BCUT2D eigenvalue weighted by Crippen LogP contribution is 2.44. The summed E-state index contributed by atoms with van der Waals surface area (Å²) in [7, 11) is 0. The molecule has 2 aliphatic heterocycles. The molecule has 1 aliphatic carbocycles. The summed E-state index contributed by atoms with van der Waals surface area (Å²) in [6.45, 7) is 3.43. The summed E-state index contributed by atoms with van der Waals surface area (Å²) < 4.78 is 12.2. The van der Waals surface area contributed by atoms with Gasteiger partial charge in [-0.15, -0.1) is 0 Å². The Hall–Kier alpha value is -1.27. The van der Waals surface area contributed by atoms with Crippen LogP contribution < -0.4 is 20.1 Å². The van der Waals surface area contributed by atoms with Crippen LogP contribution in [0.1, 0.15) is 31.2 Å². The van der Waals surface area contributed by atoms with Gasteiger partial charge in [-0.25, -0.2) is 0 Å². The fourth-order valence-corrected chi connectivity index (χ4v) is 4.92. The van der Waals surface area contributed by atoms with E-state index in [4.69, 9.17) is 9.47 Å². The van der Waals surface area contributed by atoms with E-state index in [-0.39, 0.29) is 11.3 Å². The van der Waals surface area contributed by atoms with Crippen LogP contribution in [0.3, 0.4) is 0 Å². The lowest BCUT2D eigenvalue weighted by Gasteiger charge is -2.37. The van der Waals surface area contributed by atoms with Crippen molar-refractivity contribution in [3.05, 3.63) is 22.2 Å². The van der Waals surface area contributed by atoms with Crippen molar-refractivity contribution in [3.63, 3.8) is 0 Å². The maximum absolute atomic E-state index is 12.9. The molecule has 130 valence electrons. The molecule has 2 fully saturated rings. The molecule has 1 saturated carbocycles. The molecule has 0 bridgehead atoms. The molecule has 1 amide bonds. The van der Waals surface area contributed by atoms with Crippen LogP contribution in [-0.2, 0) is 11.3 Å². The Kier molecular flexibility index (Phi) is 4.43. The van der Waals surface area contributed by atoms with Crippen molar-refractivity contribution in [2.24, 2.45) is 11.3 Å². The van der Waals surface area contributed by atoms with Crippen LogP contribution in [0.2, 0.25) is 0 Å². The second-order valence-corrected chi connectivity index (χ2v) is 7.87. The number of fused-ring (bicyclic) bond motifs is 2. The van der Waals surface area contributed by atoms with Crippen molar-refractivity contribution in [3.8, 4) is 11.5 Å². The van der Waals surface area contributed by atoms with Crippen LogP contribution >= 0.6 is 15.9 Å². The molecule has 6 heteroatoms. The fraction of sp³-hybridized carbons (Fsp3) is 0.611. The molecule has 5 nitrogen and oxygen atoms in total. The van der Waals surface area contributed by atoms with Gasteiger partial charge >= 0.3 is 0 Å². The maximum atomic E-state index is 12.9. The Morgan fingerprint density at radius 2 is 2.21 bits per heavy atom. The number of carbonyl (C=O) groups excluding carboxylic acids is 1. The summed E-state index contributed by atoms with van der Waals surface area (Å²) in [6, 6.07) is 3.96. The van der Waals surface area contributed by atoms with Crippen LogP contribution in [0, 0.1) is 11.3 Å². The predicted octanol–water partition coefficient (Wildman–Crippen LogP) is 2.62. The first kappa shape index (κ1) is 16.2. The van der Waals surface area contributed by atoms with Gasteiger partial charge in [-0.05, 0) is 58.9 Å². The van der Waals surface area contributed by atoms with Gasteiger partial charge in [0.05, 0.1) is 9.89 Å². The molecule has 1 saturated heterocycles. The molecule has 1 aromatic carbocycles. The Balaban J connectivity index is 1.47. The summed E-state index contributed by atoms with van der Waals surface area (Å²) in [5.74, 6) is 2.18. The topological polar surface area (TPSA) is 59.6 Å². The molecule has 0 radical (unpaired) electrons. The van der Waals surface area contributed by atoms with Crippen molar-refractivity contribution in [1.82, 2.24) is 10.6 Å². The zero-order chi connectivity index (χ0) is 16.6. The van der Waals surface area contributed by atoms with E-state index in [1.165, 1.54) is 6.42 Å². The lowest BCUT2D eigenvalue weighted by molar-refractivity contribution is -0.134. The second kappa shape index (κ2) is 6.56. The minimum atomic E-state index is -0.205. The standard InChI is InChI=1S/C18H23BrN2O3/c19-14-7-12(8-15-16(14)24-6-5-23-15)9-21-17(22)18-4-2-1-3-13(18)10-20-11-18/h7-8,13,20H,1-6,9-11H2,(H,21,22)/t13-,18+/m0/s1. The quantitative estimate of drug-likeness (QED) is 0.826. The molecule has 0 spiro atoms. The van der Waals surface area contributed by atoms with E-state index in [0.717, 1.165) is 53.9 Å². The largest absolute Gasteiger partial charge is 0.486 e. The smallest absolute Gasteiger partial charge is 0.228 e. The highest BCUT2D eigenvalue weighted by Gasteiger charge is 2.49. The van der Waals surface area contributed by atoms with Crippen molar-refractivity contribution < 1.29 is 14.3 Å². The van der Waals surface area contributed by atoms with E-state index in [0.29, 0.717) is 25.7 Å². The molecule has 2 atom stereocenters. The fourth-order valence-electron chi connectivity index (χ4n) is 4.32. The van der Waals surface area contributed by atoms with E-state index < -0.39 is 0 Å². The van der Waals surface area contributed by atoms with E-state index in [2.05, 4.69) is 26.6 Å². The Morgan fingerprint density at radius 1 is 1.33 bits per heavy atom. The summed E-state index contributed by atoms with van der Waals surface area (Å²) in [6.07, 6.45) is 4.56. The monoisotopic (exact) mass is 394 g/mol. The summed E-state index contributed by atoms with van der Waals surface area (Å²) >= 11 is 3.53. The van der Waals surface area contributed by atoms with Gasteiger partial charge in [0.25, 0.3) is 0 Å². The number of rotatable bonds is 3. The molecule has 4 rings (SSSR count). The van der Waals surface area contributed by atoms with E-state index >= 15 is 0 Å². The first-order chi connectivity index (χ1) is 11.7. The van der Waals surface area contributed by atoms with Gasteiger partial charge in [0.2, 0.25) is 5.91 Å². The minimum absolute atomic E-state index is 0.197. The highest BCUT2D eigenvalue weighted by molar-refractivity contribution is 9.10. The third-order valence-corrected chi connectivity index (χ3v) is 6.19. The lowest BCUT2D eigenvalue weighted by atomic mass is 9.67. The summed E-state index contributed by atoms with van der Waals surface area (Å²) in [5.41, 5.74) is 0.817. The van der Waals surface area contributed by atoms with Crippen LogP contribution in [0.15, 0.2) is 16.6 Å². The van der Waals surface area contributed by atoms with Crippen LogP contribution in [0.4, 0.5) is 0 Å². The SMILES string of the molecule is O=C(NCc1cc(Br)c2c(c1)OCCO2)[C@@]12CCCC[C@H]1CNC2. The molecule has 3 aliphatic rings. The highest BCUT2D eigenvalue weighted by atomic mass is 79.9. The molecule has 0 unspecified atom stereocenters. The number of ether oxygens (including phenoxy) is 2. The van der Waals surface area contributed by atoms with E-state index in [1.807, 2.05) is 12.1 Å². The molecule has 2 heterocycles. The van der Waals surface area contributed by atoms with Crippen LogP contribution in [0.25, 0.3) is 0 Å². The van der Waals surface area contributed by atoms with Gasteiger partial charge in [0.1, 0.15) is 13.2 Å². The van der Waals surface area contributed by atoms with Crippen molar-refractivity contribution >= 4 is 21.8 Å². The zero-order valence-corrected chi connectivity index (χ0v) is 15.3.